The standard InChI is InChI=1S/C11H8F4/c1-2-3-4-8-7-9(12)5-6-10(8)11(13,14)15/h1,5-7H,3-4H2. The van der Waals surface area contributed by atoms with Crippen molar-refractivity contribution in [2.75, 3.05) is 0 Å². The number of rotatable bonds is 2. The van der Waals surface area contributed by atoms with Crippen molar-refractivity contribution in [1.29, 1.82) is 0 Å². The van der Waals surface area contributed by atoms with Crippen molar-refractivity contribution in [2.45, 2.75) is 19.0 Å². The topological polar surface area (TPSA) is 0 Å². The largest absolute Gasteiger partial charge is 0.416 e. The van der Waals surface area contributed by atoms with Crippen molar-refractivity contribution in [1.82, 2.24) is 0 Å². The first-order chi connectivity index (χ1) is 6.95. The Kier molecular flexibility index (Phi) is 3.35. The molecule has 1 rings (SSSR count). The summed E-state index contributed by atoms with van der Waals surface area (Å²) >= 11 is 0. The average Bonchev–Trinajstić information content (AvgIpc) is 2.12. The summed E-state index contributed by atoms with van der Waals surface area (Å²) < 4.78 is 50.0. The van der Waals surface area contributed by atoms with Crippen LogP contribution in [0, 0.1) is 18.2 Å². The van der Waals surface area contributed by atoms with Crippen LogP contribution < -0.4 is 0 Å². The van der Waals surface area contributed by atoms with Crippen LogP contribution in [0.15, 0.2) is 18.2 Å². The van der Waals surface area contributed by atoms with Crippen molar-refractivity contribution >= 4 is 0 Å². The van der Waals surface area contributed by atoms with Gasteiger partial charge in [0, 0.05) is 6.42 Å². The first-order valence-corrected chi connectivity index (χ1v) is 4.24. The van der Waals surface area contributed by atoms with Crippen molar-refractivity contribution in [2.24, 2.45) is 0 Å². The number of benzene rings is 1. The van der Waals surface area contributed by atoms with Gasteiger partial charge >= 0.3 is 6.18 Å². The lowest BCUT2D eigenvalue weighted by Crippen LogP contribution is -2.09. The van der Waals surface area contributed by atoms with Crippen LogP contribution in [0.5, 0.6) is 0 Å². The third-order valence-electron chi connectivity index (χ3n) is 1.91. The lowest BCUT2D eigenvalue weighted by molar-refractivity contribution is -0.138. The Morgan fingerprint density at radius 2 is 1.93 bits per heavy atom. The SMILES string of the molecule is C#CCCc1cc(F)ccc1C(F)(F)F. The van der Waals surface area contributed by atoms with E-state index in [4.69, 9.17) is 6.42 Å². The van der Waals surface area contributed by atoms with E-state index in [2.05, 4.69) is 5.92 Å². The molecular formula is C11H8F4. The van der Waals surface area contributed by atoms with Gasteiger partial charge in [-0.2, -0.15) is 13.2 Å². The van der Waals surface area contributed by atoms with Crippen LogP contribution in [0.2, 0.25) is 0 Å². The Labute approximate surface area is 84.9 Å². The zero-order chi connectivity index (χ0) is 11.5. The molecule has 0 atom stereocenters. The van der Waals surface area contributed by atoms with Gasteiger partial charge in [0.2, 0.25) is 0 Å². The minimum absolute atomic E-state index is 0.0309. The normalized spacial score (nSPS) is 11.1. The molecule has 1 aromatic rings. The summed E-state index contributed by atoms with van der Waals surface area (Å²) in [6, 6.07) is 2.41. The second-order valence-corrected chi connectivity index (χ2v) is 3.00. The first-order valence-electron chi connectivity index (χ1n) is 4.24. The van der Waals surface area contributed by atoms with E-state index in [1.54, 1.807) is 0 Å². The van der Waals surface area contributed by atoms with E-state index in [1.165, 1.54) is 0 Å². The Bertz CT molecular complexity index is 385. The predicted molar refractivity (Wildman–Crippen MR) is 48.6 cm³/mol. The summed E-state index contributed by atoms with van der Waals surface area (Å²) in [5.41, 5.74) is -0.917. The summed E-state index contributed by atoms with van der Waals surface area (Å²) in [6.07, 6.45) is 0.678. The Balaban J connectivity index is 3.10. The minimum Gasteiger partial charge on any atom is -0.207 e. The van der Waals surface area contributed by atoms with E-state index >= 15 is 0 Å². The van der Waals surface area contributed by atoms with E-state index in [1.807, 2.05) is 0 Å². The molecule has 0 fully saturated rings. The van der Waals surface area contributed by atoms with Crippen LogP contribution in [0.3, 0.4) is 0 Å². The molecule has 0 saturated carbocycles. The lowest BCUT2D eigenvalue weighted by atomic mass is 10.0. The van der Waals surface area contributed by atoms with E-state index in [0.717, 1.165) is 18.2 Å². The Morgan fingerprint density at radius 1 is 1.27 bits per heavy atom. The fourth-order valence-corrected chi connectivity index (χ4v) is 1.25. The first kappa shape index (κ1) is 11.6. The third-order valence-corrected chi connectivity index (χ3v) is 1.91. The van der Waals surface area contributed by atoms with E-state index < -0.39 is 17.6 Å². The molecule has 0 nitrogen and oxygen atoms in total. The molecule has 1 aromatic carbocycles. The third kappa shape index (κ3) is 2.98. The van der Waals surface area contributed by atoms with Gasteiger partial charge in [-0.05, 0) is 30.2 Å². The van der Waals surface area contributed by atoms with Crippen LogP contribution in [0.4, 0.5) is 17.6 Å². The van der Waals surface area contributed by atoms with Crippen molar-refractivity contribution in [3.05, 3.63) is 35.1 Å². The summed E-state index contributed by atoms with van der Waals surface area (Å²) in [4.78, 5) is 0. The number of hydrogen-bond acceptors (Lipinski definition) is 0. The highest BCUT2D eigenvalue weighted by molar-refractivity contribution is 5.31. The monoisotopic (exact) mass is 216 g/mol. The summed E-state index contributed by atoms with van der Waals surface area (Å²) in [7, 11) is 0. The average molecular weight is 216 g/mol. The second-order valence-electron chi connectivity index (χ2n) is 3.00. The van der Waals surface area contributed by atoms with Gasteiger partial charge in [0.1, 0.15) is 5.82 Å². The zero-order valence-corrected chi connectivity index (χ0v) is 7.74. The van der Waals surface area contributed by atoms with E-state index in [0.29, 0.717) is 0 Å². The molecule has 0 aliphatic carbocycles. The van der Waals surface area contributed by atoms with Crippen molar-refractivity contribution in [3.8, 4) is 12.3 Å². The van der Waals surface area contributed by atoms with Gasteiger partial charge in [0.25, 0.3) is 0 Å². The highest BCUT2D eigenvalue weighted by Gasteiger charge is 2.32. The highest BCUT2D eigenvalue weighted by Crippen LogP contribution is 2.32. The number of terminal acetylenes is 1. The molecule has 0 heterocycles. The van der Waals surface area contributed by atoms with E-state index in [-0.39, 0.29) is 18.4 Å². The maximum Gasteiger partial charge on any atom is 0.416 e. The molecule has 15 heavy (non-hydrogen) atoms. The van der Waals surface area contributed by atoms with E-state index in [9.17, 15) is 17.6 Å². The summed E-state index contributed by atoms with van der Waals surface area (Å²) in [6.45, 7) is 0. The fourth-order valence-electron chi connectivity index (χ4n) is 1.25. The van der Waals surface area contributed by atoms with Crippen LogP contribution in [-0.2, 0) is 12.6 Å². The number of hydrogen-bond donors (Lipinski definition) is 0. The van der Waals surface area contributed by atoms with Gasteiger partial charge in [0.15, 0.2) is 0 Å². The maximum absolute atomic E-state index is 12.7. The van der Waals surface area contributed by atoms with Gasteiger partial charge in [-0.15, -0.1) is 12.3 Å². The molecule has 0 unspecified atom stereocenters. The molecule has 0 N–H and O–H groups in total. The number of aryl methyl sites for hydroxylation is 1. The molecule has 0 aliphatic heterocycles. The molecule has 0 aromatic heterocycles. The second kappa shape index (κ2) is 4.35. The quantitative estimate of drug-likeness (QED) is 0.525. The van der Waals surface area contributed by atoms with Gasteiger partial charge in [0.05, 0.1) is 5.56 Å². The Hall–Kier alpha value is -1.50. The van der Waals surface area contributed by atoms with Crippen LogP contribution in [0.25, 0.3) is 0 Å². The molecule has 4 heteroatoms. The number of halogens is 4. The lowest BCUT2D eigenvalue weighted by Gasteiger charge is -2.11. The van der Waals surface area contributed by atoms with Gasteiger partial charge in [-0.1, -0.05) is 0 Å². The van der Waals surface area contributed by atoms with Crippen LogP contribution in [0.1, 0.15) is 17.5 Å². The van der Waals surface area contributed by atoms with Crippen LogP contribution >= 0.6 is 0 Å². The molecule has 0 amide bonds. The fraction of sp³-hybridized carbons (Fsp3) is 0.273. The van der Waals surface area contributed by atoms with Gasteiger partial charge in [-0.25, -0.2) is 4.39 Å². The smallest absolute Gasteiger partial charge is 0.207 e. The van der Waals surface area contributed by atoms with Crippen LogP contribution in [-0.4, -0.2) is 0 Å². The molecule has 0 bridgehead atoms. The summed E-state index contributed by atoms with van der Waals surface area (Å²) in [5.74, 6) is 1.54. The van der Waals surface area contributed by atoms with Crippen molar-refractivity contribution in [3.63, 3.8) is 0 Å². The number of alkyl halides is 3. The molecule has 0 radical (unpaired) electrons. The molecule has 0 saturated heterocycles. The molecular weight excluding hydrogens is 208 g/mol. The maximum atomic E-state index is 12.7. The van der Waals surface area contributed by atoms with Gasteiger partial charge in [-0.3, -0.25) is 0 Å². The molecule has 80 valence electrons. The molecule has 0 spiro atoms. The predicted octanol–water partition coefficient (Wildman–Crippen LogP) is 3.41. The van der Waals surface area contributed by atoms with Crippen molar-refractivity contribution < 1.29 is 17.6 Å². The minimum atomic E-state index is -4.46. The molecule has 0 aliphatic rings. The van der Waals surface area contributed by atoms with Gasteiger partial charge < -0.3 is 0 Å². The summed E-state index contributed by atoms with van der Waals surface area (Å²) in [5, 5.41) is 0. The Morgan fingerprint density at radius 3 is 2.47 bits per heavy atom. The zero-order valence-electron chi connectivity index (χ0n) is 7.74. The highest BCUT2D eigenvalue weighted by atomic mass is 19.4.